The average Bonchev–Trinajstić information content (AvgIpc) is 3.08. The molecule has 0 saturated carbocycles. The number of fused-ring (bicyclic) bond motifs is 1. The van der Waals surface area contributed by atoms with Gasteiger partial charge in [0.05, 0.1) is 18.8 Å². The minimum atomic E-state index is -0.187. The lowest BCUT2D eigenvalue weighted by molar-refractivity contribution is -0.0248. The van der Waals surface area contributed by atoms with Crippen LogP contribution in [-0.2, 0) is 17.6 Å². The minimum Gasteiger partial charge on any atom is -0.368 e. The first kappa shape index (κ1) is 16.2. The summed E-state index contributed by atoms with van der Waals surface area (Å²) >= 11 is 0. The first-order valence-corrected chi connectivity index (χ1v) is 8.95. The maximum Gasteiger partial charge on any atom is 0.254 e. The molecule has 1 aromatic carbocycles. The highest BCUT2D eigenvalue weighted by Gasteiger charge is 2.28. The molecule has 2 heterocycles. The summed E-state index contributed by atoms with van der Waals surface area (Å²) < 4.78 is 5.88. The Hall–Kier alpha value is -2.27. The van der Waals surface area contributed by atoms with Crippen LogP contribution in [0.25, 0.3) is 0 Å². The molecule has 25 heavy (non-hydrogen) atoms. The van der Waals surface area contributed by atoms with Crippen molar-refractivity contribution >= 4 is 5.91 Å². The van der Waals surface area contributed by atoms with E-state index in [1.165, 1.54) is 17.5 Å². The molecule has 1 aliphatic carbocycles. The summed E-state index contributed by atoms with van der Waals surface area (Å²) in [4.78, 5) is 23.6. The molecule has 0 N–H and O–H groups in total. The van der Waals surface area contributed by atoms with Crippen molar-refractivity contribution in [3.8, 4) is 0 Å². The van der Waals surface area contributed by atoms with Crippen LogP contribution in [0.3, 0.4) is 0 Å². The number of ether oxygens (including phenoxy) is 1. The maximum absolute atomic E-state index is 12.9. The first-order chi connectivity index (χ1) is 12.1. The molecule has 2 aliphatic rings. The zero-order valence-corrected chi connectivity index (χ0v) is 14.8. The number of morpholine rings is 1. The van der Waals surface area contributed by atoms with Gasteiger partial charge in [0.15, 0.2) is 0 Å². The van der Waals surface area contributed by atoms with Crippen LogP contribution < -0.4 is 0 Å². The van der Waals surface area contributed by atoms with Gasteiger partial charge in [-0.15, -0.1) is 0 Å². The second kappa shape index (κ2) is 6.56. The Balaban J connectivity index is 1.53. The molecule has 0 bridgehead atoms. The predicted molar refractivity (Wildman–Crippen MR) is 94.6 cm³/mol. The molecule has 1 aliphatic heterocycles. The second-order valence-corrected chi connectivity index (χ2v) is 6.93. The highest BCUT2D eigenvalue weighted by molar-refractivity contribution is 5.94. The molecule has 5 nitrogen and oxygen atoms in total. The number of hydrogen-bond donors (Lipinski definition) is 0. The van der Waals surface area contributed by atoms with Crippen LogP contribution in [0, 0.1) is 13.8 Å². The Morgan fingerprint density at radius 2 is 2.00 bits per heavy atom. The maximum atomic E-state index is 12.9. The van der Waals surface area contributed by atoms with Crippen LogP contribution in [0.1, 0.15) is 51.2 Å². The van der Waals surface area contributed by atoms with Crippen LogP contribution in [0.2, 0.25) is 0 Å². The fourth-order valence-electron chi connectivity index (χ4n) is 3.81. The zero-order chi connectivity index (χ0) is 17.4. The largest absolute Gasteiger partial charge is 0.368 e. The van der Waals surface area contributed by atoms with E-state index in [4.69, 9.17) is 4.74 Å². The lowest BCUT2D eigenvalue weighted by Gasteiger charge is -2.33. The standard InChI is InChI=1S/C20H23N3O2/c1-13-10-18(22-14(2)21-13)19-12-23(8-9-25-19)20(24)17-7-6-15-4-3-5-16(15)11-17/h6-7,10-11,19H,3-5,8-9,12H2,1-2H3/t19-/m0/s1. The van der Waals surface area contributed by atoms with Crippen molar-refractivity contribution < 1.29 is 9.53 Å². The van der Waals surface area contributed by atoms with Gasteiger partial charge in [0.25, 0.3) is 5.91 Å². The van der Waals surface area contributed by atoms with Gasteiger partial charge in [0, 0.05) is 17.8 Å². The van der Waals surface area contributed by atoms with E-state index in [2.05, 4.69) is 22.1 Å². The van der Waals surface area contributed by atoms with E-state index in [-0.39, 0.29) is 12.0 Å². The summed E-state index contributed by atoms with van der Waals surface area (Å²) in [7, 11) is 0. The molecular formula is C20H23N3O2. The second-order valence-electron chi connectivity index (χ2n) is 6.93. The Morgan fingerprint density at radius 1 is 1.16 bits per heavy atom. The topological polar surface area (TPSA) is 55.3 Å². The van der Waals surface area contributed by atoms with Crippen LogP contribution in [0.4, 0.5) is 0 Å². The summed E-state index contributed by atoms with van der Waals surface area (Å²) in [6.07, 6.45) is 3.23. The highest BCUT2D eigenvalue weighted by atomic mass is 16.5. The van der Waals surface area contributed by atoms with Crippen molar-refractivity contribution in [2.45, 2.75) is 39.2 Å². The number of nitrogens with zero attached hydrogens (tertiary/aromatic N) is 3. The van der Waals surface area contributed by atoms with Gasteiger partial charge in [0.1, 0.15) is 11.9 Å². The van der Waals surface area contributed by atoms with E-state index < -0.39 is 0 Å². The molecule has 1 saturated heterocycles. The van der Waals surface area contributed by atoms with Crippen molar-refractivity contribution in [3.05, 3.63) is 58.2 Å². The molecule has 1 fully saturated rings. The van der Waals surface area contributed by atoms with E-state index in [1.54, 1.807) is 0 Å². The van der Waals surface area contributed by atoms with Gasteiger partial charge in [-0.1, -0.05) is 6.07 Å². The molecule has 5 heteroatoms. The molecule has 1 aromatic heterocycles. The Bertz CT molecular complexity index is 798. The highest BCUT2D eigenvalue weighted by Crippen LogP contribution is 2.26. The molecule has 1 atom stereocenters. The summed E-state index contributed by atoms with van der Waals surface area (Å²) in [5, 5.41) is 0. The summed E-state index contributed by atoms with van der Waals surface area (Å²) in [5.41, 5.74) is 5.29. The lowest BCUT2D eigenvalue weighted by Crippen LogP contribution is -2.42. The van der Waals surface area contributed by atoms with E-state index in [9.17, 15) is 4.79 Å². The normalized spacial score (nSPS) is 19.8. The van der Waals surface area contributed by atoms with Gasteiger partial charge in [-0.3, -0.25) is 4.79 Å². The monoisotopic (exact) mass is 337 g/mol. The van der Waals surface area contributed by atoms with Gasteiger partial charge < -0.3 is 9.64 Å². The number of aryl methyl sites for hydroxylation is 4. The van der Waals surface area contributed by atoms with E-state index in [1.807, 2.05) is 30.9 Å². The molecule has 2 aromatic rings. The molecule has 0 spiro atoms. The summed E-state index contributed by atoms with van der Waals surface area (Å²) in [6.45, 7) is 5.52. The van der Waals surface area contributed by atoms with Gasteiger partial charge in [0.2, 0.25) is 0 Å². The van der Waals surface area contributed by atoms with Crippen LogP contribution in [0.5, 0.6) is 0 Å². The van der Waals surface area contributed by atoms with Gasteiger partial charge in [-0.05, 0) is 62.4 Å². The Labute approximate surface area is 148 Å². The quantitative estimate of drug-likeness (QED) is 0.845. The zero-order valence-electron chi connectivity index (χ0n) is 14.8. The lowest BCUT2D eigenvalue weighted by atomic mass is 10.0. The number of carbonyl (C=O) groups excluding carboxylic acids is 1. The van der Waals surface area contributed by atoms with Crippen molar-refractivity contribution in [2.75, 3.05) is 19.7 Å². The van der Waals surface area contributed by atoms with Crippen LogP contribution >= 0.6 is 0 Å². The predicted octanol–water partition coefficient (Wildman–Crippen LogP) is 2.80. The Kier molecular flexibility index (Phi) is 4.25. The van der Waals surface area contributed by atoms with Crippen LogP contribution in [-0.4, -0.2) is 40.5 Å². The van der Waals surface area contributed by atoms with Crippen molar-refractivity contribution in [2.24, 2.45) is 0 Å². The smallest absolute Gasteiger partial charge is 0.254 e. The van der Waals surface area contributed by atoms with Crippen LogP contribution in [0.15, 0.2) is 24.3 Å². The Morgan fingerprint density at radius 3 is 2.84 bits per heavy atom. The van der Waals surface area contributed by atoms with Gasteiger partial charge in [-0.2, -0.15) is 0 Å². The number of carbonyl (C=O) groups is 1. The average molecular weight is 337 g/mol. The SMILES string of the molecule is Cc1cc([C@@H]2CN(C(=O)c3ccc4c(c3)CCC4)CCO2)nc(C)n1. The van der Waals surface area contributed by atoms with Gasteiger partial charge in [-0.25, -0.2) is 9.97 Å². The molecule has 0 unspecified atom stereocenters. The number of rotatable bonds is 2. The van der Waals surface area contributed by atoms with Crippen molar-refractivity contribution in [1.82, 2.24) is 14.9 Å². The number of benzene rings is 1. The fraction of sp³-hybridized carbons (Fsp3) is 0.450. The van der Waals surface area contributed by atoms with E-state index in [0.717, 1.165) is 35.6 Å². The number of hydrogen-bond acceptors (Lipinski definition) is 4. The molecule has 1 amide bonds. The summed E-state index contributed by atoms with van der Waals surface area (Å²) in [5.74, 6) is 0.825. The number of amides is 1. The number of aromatic nitrogens is 2. The van der Waals surface area contributed by atoms with E-state index in [0.29, 0.717) is 19.7 Å². The molecule has 130 valence electrons. The van der Waals surface area contributed by atoms with E-state index >= 15 is 0 Å². The van der Waals surface area contributed by atoms with Gasteiger partial charge >= 0.3 is 0 Å². The first-order valence-electron chi connectivity index (χ1n) is 8.95. The molecule has 0 radical (unpaired) electrons. The molecule has 4 rings (SSSR count). The van der Waals surface area contributed by atoms with Crippen molar-refractivity contribution in [3.63, 3.8) is 0 Å². The van der Waals surface area contributed by atoms with Crippen molar-refractivity contribution in [1.29, 1.82) is 0 Å². The minimum absolute atomic E-state index is 0.0884. The third-order valence-electron chi connectivity index (χ3n) is 5.01. The molecular weight excluding hydrogens is 314 g/mol. The summed E-state index contributed by atoms with van der Waals surface area (Å²) in [6, 6.07) is 8.11. The third-order valence-corrected chi connectivity index (χ3v) is 5.01. The fourth-order valence-corrected chi connectivity index (χ4v) is 3.81. The third kappa shape index (κ3) is 3.29.